The molecule has 0 amide bonds. The molecule has 2 heteroatoms. The third kappa shape index (κ3) is 2.38. The Balaban J connectivity index is 2.24. The van der Waals surface area contributed by atoms with Crippen molar-refractivity contribution < 1.29 is 0 Å². The number of nitrogens with one attached hydrogen (secondary N) is 1. The molecule has 1 atom stereocenters. The summed E-state index contributed by atoms with van der Waals surface area (Å²) < 4.78 is 3.40. The SMILES string of the molecule is C=CCc1c(C2CCCCC2)cc[s+]1NC. The molecule has 0 bridgehead atoms. The molecule has 0 aliphatic heterocycles. The van der Waals surface area contributed by atoms with Crippen LogP contribution in [0, 0.1) is 0 Å². The van der Waals surface area contributed by atoms with E-state index >= 15 is 0 Å². The normalized spacial score (nSPS) is 18.7. The van der Waals surface area contributed by atoms with Crippen molar-refractivity contribution in [3.8, 4) is 0 Å². The Hall–Kier alpha value is -0.600. The van der Waals surface area contributed by atoms with Crippen LogP contribution in [-0.2, 0) is 6.42 Å². The van der Waals surface area contributed by atoms with Crippen LogP contribution in [0.1, 0.15) is 48.5 Å². The highest BCUT2D eigenvalue weighted by Crippen LogP contribution is 2.39. The number of thiophene rings is 1. The summed E-state index contributed by atoms with van der Waals surface area (Å²) in [6.45, 7) is 3.89. The summed E-state index contributed by atoms with van der Waals surface area (Å²) in [6.07, 6.45) is 10.1. The van der Waals surface area contributed by atoms with E-state index < -0.39 is 0 Å². The third-order valence-corrected chi connectivity index (χ3v) is 5.35. The first kappa shape index (κ1) is 11.9. The molecule has 1 heterocycles. The highest BCUT2D eigenvalue weighted by Gasteiger charge is 2.25. The second-order valence-corrected chi connectivity index (χ2v) is 6.40. The molecule has 1 aromatic heterocycles. The molecule has 0 radical (unpaired) electrons. The van der Waals surface area contributed by atoms with Crippen LogP contribution in [0.2, 0.25) is 0 Å². The molecule has 0 aromatic carbocycles. The fourth-order valence-corrected chi connectivity index (χ4v) is 4.37. The Bertz CT molecular complexity index is 348. The largest absolute Gasteiger partial charge is 0.179 e. The number of hydrogen-bond donors (Lipinski definition) is 1. The standard InChI is InChI=1S/C14H22NS/c1-3-7-14-13(10-11-16(14)15-2)12-8-5-4-6-9-12/h3,10-12,15H,1,4-9H2,2H3/q+1. The van der Waals surface area contributed by atoms with Crippen molar-refractivity contribution in [1.82, 2.24) is 0 Å². The fourth-order valence-electron chi connectivity index (χ4n) is 2.75. The van der Waals surface area contributed by atoms with Gasteiger partial charge in [0.2, 0.25) is 0 Å². The van der Waals surface area contributed by atoms with Gasteiger partial charge in [-0.25, -0.2) is 0 Å². The van der Waals surface area contributed by atoms with E-state index in [2.05, 4.69) is 29.8 Å². The smallest absolute Gasteiger partial charge is 0.121 e. The van der Waals surface area contributed by atoms with Gasteiger partial charge in [0.15, 0.2) is 10.3 Å². The summed E-state index contributed by atoms with van der Waals surface area (Å²) in [6, 6.07) is 2.37. The van der Waals surface area contributed by atoms with Crippen molar-refractivity contribution >= 4 is 10.7 Å². The monoisotopic (exact) mass is 236 g/mol. The van der Waals surface area contributed by atoms with Crippen LogP contribution in [0.4, 0.5) is 0 Å². The second-order valence-electron chi connectivity index (χ2n) is 4.55. The zero-order valence-corrected chi connectivity index (χ0v) is 11.0. The van der Waals surface area contributed by atoms with E-state index in [4.69, 9.17) is 0 Å². The Morgan fingerprint density at radius 3 is 2.81 bits per heavy atom. The van der Waals surface area contributed by atoms with E-state index in [1.807, 2.05) is 6.08 Å². The molecule has 1 unspecified atom stereocenters. The number of allylic oxidation sites excluding steroid dienone is 1. The zero-order valence-electron chi connectivity index (χ0n) is 10.2. The van der Waals surface area contributed by atoms with Gasteiger partial charge < -0.3 is 0 Å². The summed E-state index contributed by atoms with van der Waals surface area (Å²) in [5.74, 6) is 0.825. The predicted octanol–water partition coefficient (Wildman–Crippen LogP) is 4.39. The summed E-state index contributed by atoms with van der Waals surface area (Å²) in [7, 11) is 2.23. The van der Waals surface area contributed by atoms with Gasteiger partial charge in [-0.1, -0.05) is 25.3 Å². The molecule has 0 saturated heterocycles. The Labute approximate surface area is 102 Å². The summed E-state index contributed by atoms with van der Waals surface area (Å²) in [4.78, 5) is 1.59. The zero-order chi connectivity index (χ0) is 11.4. The minimum absolute atomic E-state index is 0.174. The van der Waals surface area contributed by atoms with Crippen molar-refractivity contribution in [2.45, 2.75) is 44.4 Å². The molecule has 1 nitrogen and oxygen atoms in total. The van der Waals surface area contributed by atoms with Gasteiger partial charge in [0.1, 0.15) is 0 Å². The molecular weight excluding hydrogens is 214 g/mol. The molecule has 1 saturated carbocycles. The van der Waals surface area contributed by atoms with Gasteiger partial charge in [-0.3, -0.25) is 0 Å². The summed E-state index contributed by atoms with van der Waals surface area (Å²) in [5.41, 5.74) is 1.62. The first-order valence-electron chi connectivity index (χ1n) is 6.29. The fraction of sp³-hybridized carbons (Fsp3) is 0.571. The molecule has 1 aliphatic carbocycles. The summed E-state index contributed by atoms with van der Waals surface area (Å²) >= 11 is 0. The van der Waals surface area contributed by atoms with E-state index in [0.717, 1.165) is 12.3 Å². The van der Waals surface area contributed by atoms with Gasteiger partial charge in [0.25, 0.3) is 0 Å². The van der Waals surface area contributed by atoms with E-state index in [1.54, 1.807) is 10.4 Å². The predicted molar refractivity (Wildman–Crippen MR) is 73.9 cm³/mol. The molecule has 88 valence electrons. The van der Waals surface area contributed by atoms with Gasteiger partial charge >= 0.3 is 0 Å². The molecule has 1 aromatic rings. The van der Waals surface area contributed by atoms with Crippen LogP contribution in [-0.4, -0.2) is 7.05 Å². The van der Waals surface area contributed by atoms with Crippen LogP contribution in [0.15, 0.2) is 24.1 Å². The lowest BCUT2D eigenvalue weighted by Crippen LogP contribution is -2.05. The van der Waals surface area contributed by atoms with Crippen molar-refractivity contribution in [1.29, 1.82) is 0 Å². The lowest BCUT2D eigenvalue weighted by molar-refractivity contribution is 0.443. The first-order valence-corrected chi connectivity index (χ1v) is 7.58. The maximum absolute atomic E-state index is 3.89. The van der Waals surface area contributed by atoms with Gasteiger partial charge in [-0.15, -0.1) is 11.3 Å². The minimum atomic E-state index is 0.174. The minimum Gasteiger partial charge on any atom is -0.121 e. The van der Waals surface area contributed by atoms with Crippen molar-refractivity contribution in [2.24, 2.45) is 0 Å². The molecule has 2 rings (SSSR count). The van der Waals surface area contributed by atoms with Crippen molar-refractivity contribution in [3.05, 3.63) is 34.5 Å². The van der Waals surface area contributed by atoms with Crippen LogP contribution >= 0.6 is 10.7 Å². The Morgan fingerprint density at radius 2 is 2.19 bits per heavy atom. The van der Waals surface area contributed by atoms with Crippen LogP contribution in [0.3, 0.4) is 0 Å². The molecule has 16 heavy (non-hydrogen) atoms. The first-order chi connectivity index (χ1) is 7.86. The lowest BCUT2D eigenvalue weighted by atomic mass is 9.84. The van der Waals surface area contributed by atoms with Crippen LogP contribution in [0.25, 0.3) is 0 Å². The Morgan fingerprint density at radius 1 is 1.44 bits per heavy atom. The lowest BCUT2D eigenvalue weighted by Gasteiger charge is -2.20. The van der Waals surface area contributed by atoms with Crippen LogP contribution < -0.4 is 4.72 Å². The van der Waals surface area contributed by atoms with E-state index in [1.165, 1.54) is 32.1 Å². The average molecular weight is 236 g/mol. The molecule has 1 aliphatic rings. The molecule has 0 spiro atoms. The van der Waals surface area contributed by atoms with Crippen molar-refractivity contribution in [3.63, 3.8) is 0 Å². The Kier molecular flexibility index (Phi) is 4.19. The maximum atomic E-state index is 3.89. The third-order valence-electron chi connectivity index (χ3n) is 3.57. The van der Waals surface area contributed by atoms with Gasteiger partial charge in [0, 0.05) is 25.1 Å². The van der Waals surface area contributed by atoms with Gasteiger partial charge in [-0.05, 0) is 18.8 Å². The maximum Gasteiger partial charge on any atom is 0.179 e. The van der Waals surface area contributed by atoms with Crippen LogP contribution in [0.5, 0.6) is 0 Å². The van der Waals surface area contributed by atoms with E-state index in [9.17, 15) is 0 Å². The number of hydrogen-bond acceptors (Lipinski definition) is 1. The number of rotatable bonds is 4. The van der Waals surface area contributed by atoms with Crippen molar-refractivity contribution in [2.75, 3.05) is 11.8 Å². The topological polar surface area (TPSA) is 12.0 Å². The molecular formula is C14H22NS+. The summed E-state index contributed by atoms with van der Waals surface area (Å²) in [5, 5.41) is 2.34. The highest BCUT2D eigenvalue weighted by molar-refractivity contribution is 7.31. The second kappa shape index (κ2) is 5.65. The quantitative estimate of drug-likeness (QED) is 0.604. The van der Waals surface area contributed by atoms with Gasteiger partial charge in [0.05, 0.1) is 10.7 Å². The molecule has 1 N–H and O–H groups in total. The van der Waals surface area contributed by atoms with E-state index in [0.29, 0.717) is 0 Å². The highest BCUT2D eigenvalue weighted by atomic mass is 32.2. The molecule has 1 fully saturated rings. The van der Waals surface area contributed by atoms with Gasteiger partial charge in [-0.2, -0.15) is 0 Å². The average Bonchev–Trinajstić information content (AvgIpc) is 2.74. The van der Waals surface area contributed by atoms with E-state index in [-0.39, 0.29) is 10.7 Å².